The van der Waals surface area contributed by atoms with Crippen LogP contribution in [0.1, 0.15) is 18.7 Å². The summed E-state index contributed by atoms with van der Waals surface area (Å²) in [6, 6.07) is 9.17. The molecule has 0 unspecified atom stereocenters. The van der Waals surface area contributed by atoms with Crippen molar-refractivity contribution in [3.63, 3.8) is 0 Å². The van der Waals surface area contributed by atoms with Gasteiger partial charge >= 0.3 is 0 Å². The number of thioether (sulfide) groups is 1. The van der Waals surface area contributed by atoms with E-state index in [1.165, 1.54) is 11.8 Å². The van der Waals surface area contributed by atoms with Crippen molar-refractivity contribution in [2.24, 2.45) is 0 Å². The van der Waals surface area contributed by atoms with Gasteiger partial charge in [-0.3, -0.25) is 4.79 Å². The Morgan fingerprint density at radius 3 is 3.00 bits per heavy atom. The van der Waals surface area contributed by atoms with Crippen LogP contribution in [0.25, 0.3) is 0 Å². The maximum absolute atomic E-state index is 11.7. The van der Waals surface area contributed by atoms with E-state index in [2.05, 4.69) is 10.3 Å². The van der Waals surface area contributed by atoms with Crippen molar-refractivity contribution in [2.45, 2.75) is 18.0 Å². The van der Waals surface area contributed by atoms with Crippen LogP contribution >= 0.6 is 11.8 Å². The van der Waals surface area contributed by atoms with Crippen molar-refractivity contribution in [2.75, 3.05) is 5.75 Å². The van der Waals surface area contributed by atoms with Gasteiger partial charge in [0.15, 0.2) is 0 Å². The Morgan fingerprint density at radius 1 is 1.44 bits per heavy atom. The van der Waals surface area contributed by atoms with Gasteiger partial charge in [-0.2, -0.15) is 0 Å². The van der Waals surface area contributed by atoms with Crippen molar-refractivity contribution < 1.29 is 9.21 Å². The molecule has 0 saturated heterocycles. The van der Waals surface area contributed by atoms with E-state index in [9.17, 15) is 4.79 Å². The molecule has 2 aromatic rings. The highest BCUT2D eigenvalue weighted by Gasteiger charge is 2.11. The third-order valence-electron chi connectivity index (χ3n) is 2.34. The summed E-state index contributed by atoms with van der Waals surface area (Å²) in [5.41, 5.74) is 0. The van der Waals surface area contributed by atoms with Gasteiger partial charge < -0.3 is 9.73 Å². The second-order valence-electron chi connectivity index (χ2n) is 3.76. The minimum Gasteiger partial charge on any atom is -0.467 e. The first-order chi connectivity index (χ1) is 8.75. The summed E-state index contributed by atoms with van der Waals surface area (Å²) in [6.07, 6.45) is 3.31. The Kier molecular flexibility index (Phi) is 4.41. The summed E-state index contributed by atoms with van der Waals surface area (Å²) in [6.45, 7) is 1.89. The maximum Gasteiger partial charge on any atom is 0.230 e. The first kappa shape index (κ1) is 12.7. The minimum atomic E-state index is -0.114. The number of hydrogen-bond donors (Lipinski definition) is 1. The molecule has 18 heavy (non-hydrogen) atoms. The van der Waals surface area contributed by atoms with Crippen molar-refractivity contribution in [3.8, 4) is 0 Å². The normalized spacial score (nSPS) is 12.1. The van der Waals surface area contributed by atoms with Crippen LogP contribution in [0.15, 0.2) is 52.2 Å². The third-order valence-corrected chi connectivity index (χ3v) is 3.28. The van der Waals surface area contributed by atoms with Crippen LogP contribution in [0, 0.1) is 0 Å². The summed E-state index contributed by atoms with van der Waals surface area (Å²) in [5, 5.41) is 3.72. The molecule has 1 amide bonds. The molecular formula is C13H14N2O2S. The fraction of sp³-hybridized carbons (Fsp3) is 0.231. The molecule has 0 aliphatic carbocycles. The van der Waals surface area contributed by atoms with Gasteiger partial charge in [-0.15, -0.1) is 0 Å². The summed E-state index contributed by atoms with van der Waals surface area (Å²) < 4.78 is 5.23. The van der Waals surface area contributed by atoms with Gasteiger partial charge in [0.25, 0.3) is 0 Å². The number of pyridine rings is 1. The quantitative estimate of drug-likeness (QED) is 0.842. The van der Waals surface area contributed by atoms with E-state index in [1.54, 1.807) is 18.5 Å². The fourth-order valence-electron chi connectivity index (χ4n) is 1.46. The lowest BCUT2D eigenvalue weighted by atomic mass is 10.2. The number of aromatic nitrogens is 1. The molecule has 0 saturated carbocycles. The molecule has 0 fully saturated rings. The molecule has 0 radical (unpaired) electrons. The van der Waals surface area contributed by atoms with E-state index in [1.807, 2.05) is 31.2 Å². The van der Waals surface area contributed by atoms with E-state index in [-0.39, 0.29) is 11.9 Å². The van der Waals surface area contributed by atoms with Crippen LogP contribution in [0.4, 0.5) is 0 Å². The van der Waals surface area contributed by atoms with Gasteiger partial charge in [0.2, 0.25) is 5.91 Å². The van der Waals surface area contributed by atoms with Gasteiger partial charge in [0, 0.05) is 6.20 Å². The molecule has 0 aliphatic rings. The zero-order valence-electron chi connectivity index (χ0n) is 10.00. The van der Waals surface area contributed by atoms with Gasteiger partial charge in [-0.1, -0.05) is 17.8 Å². The lowest BCUT2D eigenvalue weighted by Crippen LogP contribution is -2.27. The lowest BCUT2D eigenvalue weighted by Gasteiger charge is -2.10. The van der Waals surface area contributed by atoms with Crippen LogP contribution in [0.2, 0.25) is 0 Å². The average molecular weight is 262 g/mol. The monoisotopic (exact) mass is 262 g/mol. The Balaban J connectivity index is 1.79. The standard InChI is InChI=1S/C13H14N2O2S/c1-10(11-5-4-8-17-11)15-12(16)9-18-13-6-2-3-7-14-13/h2-8,10H,9H2,1H3,(H,15,16)/t10-/m0/s1. The van der Waals surface area contributed by atoms with Crippen molar-refractivity contribution >= 4 is 17.7 Å². The summed E-state index contributed by atoms with van der Waals surface area (Å²) in [7, 11) is 0. The highest BCUT2D eigenvalue weighted by Crippen LogP contribution is 2.15. The van der Waals surface area contributed by atoms with E-state index >= 15 is 0 Å². The molecule has 0 bridgehead atoms. The number of rotatable bonds is 5. The molecule has 4 nitrogen and oxygen atoms in total. The summed E-state index contributed by atoms with van der Waals surface area (Å²) >= 11 is 1.41. The first-order valence-electron chi connectivity index (χ1n) is 5.62. The predicted molar refractivity (Wildman–Crippen MR) is 70.2 cm³/mol. The molecule has 5 heteroatoms. The summed E-state index contributed by atoms with van der Waals surface area (Å²) in [4.78, 5) is 15.9. The van der Waals surface area contributed by atoms with Crippen LogP contribution in [0.5, 0.6) is 0 Å². The Morgan fingerprint density at radius 2 is 2.33 bits per heavy atom. The number of furan rings is 1. The van der Waals surface area contributed by atoms with Crippen molar-refractivity contribution in [1.29, 1.82) is 0 Å². The van der Waals surface area contributed by atoms with E-state index in [4.69, 9.17) is 4.42 Å². The molecule has 0 aromatic carbocycles. The molecule has 1 N–H and O–H groups in total. The smallest absolute Gasteiger partial charge is 0.230 e. The van der Waals surface area contributed by atoms with E-state index in [0.717, 1.165) is 10.8 Å². The largest absolute Gasteiger partial charge is 0.467 e. The van der Waals surface area contributed by atoms with Crippen molar-refractivity contribution in [1.82, 2.24) is 10.3 Å². The number of nitrogens with one attached hydrogen (secondary N) is 1. The molecular weight excluding hydrogens is 248 g/mol. The first-order valence-corrected chi connectivity index (χ1v) is 6.61. The van der Waals surface area contributed by atoms with Crippen LogP contribution < -0.4 is 5.32 Å². The second-order valence-corrected chi connectivity index (χ2v) is 4.76. The number of carbonyl (C=O) groups is 1. The van der Waals surface area contributed by atoms with Gasteiger partial charge in [0.05, 0.1) is 23.1 Å². The zero-order chi connectivity index (χ0) is 12.8. The Labute approximate surface area is 110 Å². The summed E-state index contributed by atoms with van der Waals surface area (Å²) in [5.74, 6) is 1.07. The topological polar surface area (TPSA) is 55.1 Å². The molecule has 1 atom stereocenters. The molecule has 0 spiro atoms. The minimum absolute atomic E-state index is 0.0328. The van der Waals surface area contributed by atoms with Crippen LogP contribution in [0.3, 0.4) is 0 Å². The lowest BCUT2D eigenvalue weighted by molar-refractivity contribution is -0.119. The number of hydrogen-bond acceptors (Lipinski definition) is 4. The van der Waals surface area contributed by atoms with Crippen LogP contribution in [-0.2, 0) is 4.79 Å². The molecule has 2 heterocycles. The Hall–Kier alpha value is -1.75. The van der Waals surface area contributed by atoms with Gasteiger partial charge in [-0.25, -0.2) is 4.98 Å². The van der Waals surface area contributed by atoms with E-state index in [0.29, 0.717) is 5.75 Å². The van der Waals surface area contributed by atoms with Gasteiger partial charge in [0.1, 0.15) is 5.76 Å². The molecule has 0 aliphatic heterocycles. The highest BCUT2D eigenvalue weighted by molar-refractivity contribution is 7.99. The predicted octanol–water partition coefficient (Wildman–Crippen LogP) is 2.64. The van der Waals surface area contributed by atoms with E-state index < -0.39 is 0 Å². The molecule has 2 rings (SSSR count). The second kappa shape index (κ2) is 6.26. The van der Waals surface area contributed by atoms with Crippen molar-refractivity contribution in [3.05, 3.63) is 48.6 Å². The number of nitrogens with zero attached hydrogens (tertiary/aromatic N) is 1. The SMILES string of the molecule is C[C@H](NC(=O)CSc1ccccn1)c1ccco1. The van der Waals surface area contributed by atoms with Gasteiger partial charge in [-0.05, 0) is 31.2 Å². The number of amides is 1. The molecule has 94 valence electrons. The highest BCUT2D eigenvalue weighted by atomic mass is 32.2. The number of carbonyl (C=O) groups excluding carboxylic acids is 1. The average Bonchev–Trinajstić information content (AvgIpc) is 2.91. The maximum atomic E-state index is 11.7. The zero-order valence-corrected chi connectivity index (χ0v) is 10.8. The molecule has 2 aromatic heterocycles. The Bertz CT molecular complexity index is 485. The van der Waals surface area contributed by atoms with Crippen LogP contribution in [-0.4, -0.2) is 16.6 Å². The third kappa shape index (κ3) is 3.63. The fourth-order valence-corrected chi connectivity index (χ4v) is 2.14.